The van der Waals surface area contributed by atoms with Crippen LogP contribution in [0.15, 0.2) is 30.5 Å². The predicted molar refractivity (Wildman–Crippen MR) is 86.5 cm³/mol. The van der Waals surface area contributed by atoms with E-state index < -0.39 is 0 Å². The summed E-state index contributed by atoms with van der Waals surface area (Å²) in [5, 5.41) is 4.14. The SMILES string of the molecule is Cl.NC1C2CCC(C2)C1C(=O)Nc1cccc2[nH]ccc12. The summed E-state index contributed by atoms with van der Waals surface area (Å²) in [6, 6.07) is 7.95. The zero-order valence-corrected chi connectivity index (χ0v) is 12.5. The third-order valence-electron chi connectivity index (χ3n) is 5.14. The van der Waals surface area contributed by atoms with Crippen LogP contribution in [0.4, 0.5) is 5.69 Å². The number of nitrogens with one attached hydrogen (secondary N) is 2. The van der Waals surface area contributed by atoms with Gasteiger partial charge in [-0.05, 0) is 49.3 Å². The molecule has 5 heteroatoms. The van der Waals surface area contributed by atoms with E-state index in [-0.39, 0.29) is 30.3 Å². The highest BCUT2D eigenvalue weighted by Crippen LogP contribution is 2.48. The van der Waals surface area contributed by atoms with Gasteiger partial charge in [0.05, 0.1) is 11.6 Å². The number of benzene rings is 1. The van der Waals surface area contributed by atoms with Crippen LogP contribution in [-0.4, -0.2) is 16.9 Å². The second kappa shape index (κ2) is 5.35. The third kappa shape index (κ3) is 2.23. The van der Waals surface area contributed by atoms with Gasteiger partial charge in [0.15, 0.2) is 0 Å². The number of amides is 1. The van der Waals surface area contributed by atoms with Gasteiger partial charge < -0.3 is 16.0 Å². The number of hydrogen-bond acceptors (Lipinski definition) is 2. The number of rotatable bonds is 2. The minimum absolute atomic E-state index is 0. The Bertz CT molecular complexity index is 666. The summed E-state index contributed by atoms with van der Waals surface area (Å²) in [6.45, 7) is 0. The van der Waals surface area contributed by atoms with Gasteiger partial charge in [0.1, 0.15) is 0 Å². The summed E-state index contributed by atoms with van der Waals surface area (Å²) in [4.78, 5) is 15.7. The van der Waals surface area contributed by atoms with E-state index in [9.17, 15) is 4.79 Å². The summed E-state index contributed by atoms with van der Waals surface area (Å²) < 4.78 is 0. The van der Waals surface area contributed by atoms with E-state index in [0.29, 0.717) is 11.8 Å². The summed E-state index contributed by atoms with van der Waals surface area (Å²) in [5.74, 6) is 1.13. The molecule has 2 saturated carbocycles. The van der Waals surface area contributed by atoms with E-state index in [1.54, 1.807) is 0 Å². The zero-order valence-electron chi connectivity index (χ0n) is 11.7. The Kier molecular flexibility index (Phi) is 3.68. The quantitative estimate of drug-likeness (QED) is 0.798. The lowest BCUT2D eigenvalue weighted by atomic mass is 9.84. The molecule has 2 bridgehead atoms. The van der Waals surface area contributed by atoms with E-state index in [0.717, 1.165) is 29.4 Å². The van der Waals surface area contributed by atoms with Crippen LogP contribution in [0, 0.1) is 17.8 Å². The first-order valence-corrected chi connectivity index (χ1v) is 7.36. The molecule has 0 saturated heterocycles. The molecule has 4 unspecified atom stereocenters. The van der Waals surface area contributed by atoms with Gasteiger partial charge in [-0.25, -0.2) is 0 Å². The molecule has 2 aliphatic rings. The molecule has 112 valence electrons. The molecule has 21 heavy (non-hydrogen) atoms. The largest absolute Gasteiger partial charge is 0.361 e. The molecule has 1 aromatic heterocycles. The first kappa shape index (κ1) is 14.4. The molecule has 1 heterocycles. The molecule has 4 rings (SSSR count). The van der Waals surface area contributed by atoms with Crippen LogP contribution in [0.2, 0.25) is 0 Å². The number of halogens is 1. The first-order valence-electron chi connectivity index (χ1n) is 7.36. The van der Waals surface area contributed by atoms with Crippen LogP contribution in [0.3, 0.4) is 0 Å². The molecule has 1 aromatic carbocycles. The van der Waals surface area contributed by atoms with E-state index in [2.05, 4.69) is 10.3 Å². The Morgan fingerprint density at radius 1 is 1.24 bits per heavy atom. The zero-order chi connectivity index (χ0) is 13.7. The first-order chi connectivity index (χ1) is 9.74. The smallest absolute Gasteiger partial charge is 0.229 e. The van der Waals surface area contributed by atoms with Crippen molar-refractivity contribution in [1.29, 1.82) is 0 Å². The van der Waals surface area contributed by atoms with E-state index in [4.69, 9.17) is 5.73 Å². The molecule has 2 aromatic rings. The Morgan fingerprint density at radius 2 is 2.05 bits per heavy atom. The van der Waals surface area contributed by atoms with E-state index in [1.807, 2.05) is 30.5 Å². The molecule has 0 aliphatic heterocycles. The number of nitrogens with two attached hydrogens (primary N) is 1. The van der Waals surface area contributed by atoms with Gasteiger partial charge in [-0.2, -0.15) is 0 Å². The standard InChI is InChI=1S/C16H19N3O.ClH/c17-15-10-5-4-9(8-10)14(15)16(20)19-13-3-1-2-12-11(13)6-7-18-12;/h1-3,6-7,9-10,14-15,18H,4-5,8,17H2,(H,19,20);1H. The number of carbonyl (C=O) groups is 1. The van der Waals surface area contributed by atoms with Crippen LogP contribution in [0.25, 0.3) is 10.9 Å². The van der Waals surface area contributed by atoms with Crippen molar-refractivity contribution in [2.45, 2.75) is 25.3 Å². The average molecular weight is 306 g/mol. The van der Waals surface area contributed by atoms with Crippen LogP contribution >= 0.6 is 12.4 Å². The van der Waals surface area contributed by atoms with Crippen LogP contribution < -0.4 is 11.1 Å². The van der Waals surface area contributed by atoms with Crippen LogP contribution in [0.5, 0.6) is 0 Å². The highest BCUT2D eigenvalue weighted by molar-refractivity contribution is 6.02. The van der Waals surface area contributed by atoms with Crippen molar-refractivity contribution >= 4 is 34.9 Å². The average Bonchev–Trinajstić information content (AvgIpc) is 3.13. The van der Waals surface area contributed by atoms with E-state index in [1.165, 1.54) is 6.42 Å². The normalized spacial score (nSPS) is 30.3. The number of anilines is 1. The van der Waals surface area contributed by atoms with Gasteiger partial charge in [0, 0.05) is 23.1 Å². The maximum atomic E-state index is 12.6. The maximum absolute atomic E-state index is 12.6. The Hall–Kier alpha value is -1.52. The number of H-pyrrole nitrogens is 1. The fourth-order valence-corrected chi connectivity index (χ4v) is 4.14. The number of hydrogen-bond donors (Lipinski definition) is 3. The van der Waals surface area contributed by atoms with Crippen molar-refractivity contribution in [2.24, 2.45) is 23.5 Å². The molecular formula is C16H20ClN3O. The monoisotopic (exact) mass is 305 g/mol. The summed E-state index contributed by atoms with van der Waals surface area (Å²) in [6.07, 6.45) is 5.38. The summed E-state index contributed by atoms with van der Waals surface area (Å²) >= 11 is 0. The van der Waals surface area contributed by atoms with Crippen molar-refractivity contribution in [3.63, 3.8) is 0 Å². The molecule has 2 aliphatic carbocycles. The topological polar surface area (TPSA) is 70.9 Å². The number of carbonyl (C=O) groups excluding carboxylic acids is 1. The van der Waals surface area contributed by atoms with Crippen molar-refractivity contribution < 1.29 is 4.79 Å². The molecule has 4 atom stereocenters. The van der Waals surface area contributed by atoms with Crippen LogP contribution in [-0.2, 0) is 4.79 Å². The van der Waals surface area contributed by atoms with Gasteiger partial charge in [-0.1, -0.05) is 6.07 Å². The maximum Gasteiger partial charge on any atom is 0.229 e. The minimum atomic E-state index is -0.0112. The highest BCUT2D eigenvalue weighted by Gasteiger charge is 2.49. The summed E-state index contributed by atoms with van der Waals surface area (Å²) in [5.41, 5.74) is 8.16. The fourth-order valence-electron chi connectivity index (χ4n) is 4.14. The van der Waals surface area contributed by atoms with Crippen molar-refractivity contribution in [1.82, 2.24) is 4.98 Å². The van der Waals surface area contributed by atoms with Gasteiger partial charge in [-0.15, -0.1) is 12.4 Å². The van der Waals surface area contributed by atoms with Crippen molar-refractivity contribution in [2.75, 3.05) is 5.32 Å². The molecule has 1 amide bonds. The van der Waals surface area contributed by atoms with Crippen molar-refractivity contribution in [3.05, 3.63) is 30.5 Å². The lowest BCUT2D eigenvalue weighted by Crippen LogP contribution is -2.42. The lowest BCUT2D eigenvalue weighted by Gasteiger charge is -2.27. The summed E-state index contributed by atoms with van der Waals surface area (Å²) in [7, 11) is 0. The molecule has 0 spiro atoms. The third-order valence-corrected chi connectivity index (χ3v) is 5.14. The lowest BCUT2D eigenvalue weighted by molar-refractivity contribution is -0.121. The van der Waals surface area contributed by atoms with Crippen molar-refractivity contribution in [3.8, 4) is 0 Å². The van der Waals surface area contributed by atoms with Gasteiger partial charge in [0.25, 0.3) is 0 Å². The van der Waals surface area contributed by atoms with E-state index >= 15 is 0 Å². The second-order valence-corrected chi connectivity index (χ2v) is 6.17. The second-order valence-electron chi connectivity index (χ2n) is 6.17. The highest BCUT2D eigenvalue weighted by atomic mass is 35.5. The molecule has 0 radical (unpaired) electrons. The van der Waals surface area contributed by atoms with Gasteiger partial charge in [0.2, 0.25) is 5.91 Å². The minimum Gasteiger partial charge on any atom is -0.361 e. The fraction of sp³-hybridized carbons (Fsp3) is 0.438. The number of fused-ring (bicyclic) bond motifs is 3. The van der Waals surface area contributed by atoms with Gasteiger partial charge >= 0.3 is 0 Å². The molecular weight excluding hydrogens is 286 g/mol. The molecule has 4 N–H and O–H groups in total. The molecule has 2 fully saturated rings. The van der Waals surface area contributed by atoms with Gasteiger partial charge in [-0.3, -0.25) is 4.79 Å². The Balaban J connectivity index is 0.00000132. The molecule has 4 nitrogen and oxygen atoms in total. The predicted octanol–water partition coefficient (Wildman–Crippen LogP) is 2.90. The number of aromatic nitrogens is 1. The Morgan fingerprint density at radius 3 is 2.81 bits per heavy atom. The van der Waals surface area contributed by atoms with Crippen LogP contribution in [0.1, 0.15) is 19.3 Å². The Labute approximate surface area is 129 Å². The number of aromatic amines is 1.